The van der Waals surface area contributed by atoms with E-state index in [0.29, 0.717) is 5.56 Å². The van der Waals surface area contributed by atoms with Crippen molar-refractivity contribution in [3.8, 4) is 0 Å². The van der Waals surface area contributed by atoms with Crippen LogP contribution in [-0.4, -0.2) is 35.8 Å². The van der Waals surface area contributed by atoms with E-state index in [1.165, 1.54) is 19.6 Å². The Balaban J connectivity index is 2.23. The van der Waals surface area contributed by atoms with Crippen molar-refractivity contribution in [1.29, 1.82) is 0 Å². The van der Waals surface area contributed by atoms with Gasteiger partial charge in [-0.2, -0.15) is 4.31 Å². The van der Waals surface area contributed by atoms with Crippen LogP contribution in [0.3, 0.4) is 0 Å². The molecule has 0 saturated heterocycles. The molecule has 0 amide bonds. The fourth-order valence-corrected chi connectivity index (χ4v) is 2.71. The molecule has 8 heteroatoms. The fraction of sp³-hybridized carbons (Fsp3) is 0.182. The van der Waals surface area contributed by atoms with Gasteiger partial charge in [-0.05, 0) is 12.1 Å². The Hall–Kier alpha value is -2.06. The zero-order valence-corrected chi connectivity index (χ0v) is 10.8. The van der Waals surface area contributed by atoms with Gasteiger partial charge in [0.25, 0.3) is 0 Å². The van der Waals surface area contributed by atoms with Crippen LogP contribution in [0.15, 0.2) is 40.2 Å². The Bertz CT molecular complexity index is 672. The van der Waals surface area contributed by atoms with Crippen LogP contribution in [0.25, 0.3) is 0 Å². The average Bonchev–Trinajstić information content (AvgIpc) is 2.99. The van der Waals surface area contributed by atoms with E-state index in [0.717, 1.165) is 16.6 Å². The summed E-state index contributed by atoms with van der Waals surface area (Å²) >= 11 is 0. The summed E-state index contributed by atoms with van der Waals surface area (Å²) in [6.45, 7) is 0.145. The second kappa shape index (κ2) is 4.90. The molecule has 102 valence electrons. The van der Waals surface area contributed by atoms with Crippen molar-refractivity contribution >= 4 is 16.0 Å². The molecular formula is C11H12N2O5S. The molecule has 2 aromatic rings. The van der Waals surface area contributed by atoms with Gasteiger partial charge < -0.3 is 14.5 Å². The molecule has 0 fully saturated rings. The van der Waals surface area contributed by atoms with Crippen LogP contribution in [0.2, 0.25) is 0 Å². The molecule has 2 aromatic heterocycles. The number of nitrogens with one attached hydrogen (secondary N) is 1. The maximum Gasteiger partial charge on any atom is 0.352 e. The first kappa shape index (κ1) is 13.4. The van der Waals surface area contributed by atoms with Gasteiger partial charge in [-0.1, -0.05) is 0 Å². The SMILES string of the molecule is CN(Cc1ccoc1)S(=O)(=O)c1c[nH]c(C(=O)O)c1. The molecule has 7 nitrogen and oxygen atoms in total. The van der Waals surface area contributed by atoms with Crippen molar-refractivity contribution in [2.24, 2.45) is 0 Å². The average molecular weight is 284 g/mol. The summed E-state index contributed by atoms with van der Waals surface area (Å²) in [7, 11) is -2.32. The summed E-state index contributed by atoms with van der Waals surface area (Å²) in [6, 6.07) is 2.75. The third-order valence-electron chi connectivity index (χ3n) is 2.58. The molecule has 0 atom stereocenters. The molecule has 0 saturated carbocycles. The van der Waals surface area contributed by atoms with Crippen LogP contribution in [-0.2, 0) is 16.6 Å². The number of hydrogen-bond acceptors (Lipinski definition) is 4. The number of carboxylic acids is 1. The Morgan fingerprint density at radius 2 is 2.26 bits per heavy atom. The van der Waals surface area contributed by atoms with Crippen molar-refractivity contribution in [2.75, 3.05) is 7.05 Å². The monoisotopic (exact) mass is 284 g/mol. The van der Waals surface area contributed by atoms with E-state index in [4.69, 9.17) is 9.52 Å². The standard InChI is InChI=1S/C11H12N2O5S/c1-13(6-8-2-3-18-7-8)19(16,17)9-4-10(11(14)15)12-5-9/h2-5,7,12H,6H2,1H3,(H,14,15). The Morgan fingerprint density at radius 3 is 2.79 bits per heavy atom. The van der Waals surface area contributed by atoms with E-state index >= 15 is 0 Å². The van der Waals surface area contributed by atoms with Gasteiger partial charge in [0.1, 0.15) is 10.6 Å². The van der Waals surface area contributed by atoms with Crippen LogP contribution >= 0.6 is 0 Å². The van der Waals surface area contributed by atoms with Crippen LogP contribution in [0.5, 0.6) is 0 Å². The Labute approximate surface area is 109 Å². The first-order valence-electron chi connectivity index (χ1n) is 5.30. The molecule has 2 N–H and O–H groups in total. The normalized spacial score (nSPS) is 11.9. The quantitative estimate of drug-likeness (QED) is 0.856. The fourth-order valence-electron chi connectivity index (χ4n) is 1.55. The third-order valence-corrected chi connectivity index (χ3v) is 4.36. The van der Waals surface area contributed by atoms with E-state index < -0.39 is 16.0 Å². The van der Waals surface area contributed by atoms with Gasteiger partial charge in [-0.3, -0.25) is 0 Å². The van der Waals surface area contributed by atoms with Crippen molar-refractivity contribution in [3.63, 3.8) is 0 Å². The number of aromatic amines is 1. The predicted octanol–water partition coefficient (Wildman–Crippen LogP) is 1.13. The van der Waals surface area contributed by atoms with Crippen LogP contribution < -0.4 is 0 Å². The van der Waals surface area contributed by atoms with Crippen LogP contribution in [0.4, 0.5) is 0 Å². The lowest BCUT2D eigenvalue weighted by molar-refractivity contribution is 0.0691. The zero-order chi connectivity index (χ0) is 14.0. The largest absolute Gasteiger partial charge is 0.477 e. The molecule has 0 unspecified atom stereocenters. The van der Waals surface area contributed by atoms with Gasteiger partial charge in [0.05, 0.1) is 12.5 Å². The first-order chi connectivity index (χ1) is 8.91. The van der Waals surface area contributed by atoms with Crippen molar-refractivity contribution in [2.45, 2.75) is 11.4 Å². The number of hydrogen-bond donors (Lipinski definition) is 2. The highest BCUT2D eigenvalue weighted by Crippen LogP contribution is 2.17. The van der Waals surface area contributed by atoms with Crippen LogP contribution in [0, 0.1) is 0 Å². The lowest BCUT2D eigenvalue weighted by atomic mass is 10.3. The molecule has 0 aromatic carbocycles. The van der Waals surface area contributed by atoms with Crippen molar-refractivity contribution < 1.29 is 22.7 Å². The van der Waals surface area contributed by atoms with E-state index in [9.17, 15) is 13.2 Å². The number of aromatic nitrogens is 1. The number of carbonyl (C=O) groups is 1. The predicted molar refractivity (Wildman–Crippen MR) is 65.1 cm³/mol. The molecular weight excluding hydrogens is 272 g/mol. The number of rotatable bonds is 5. The molecule has 0 aliphatic carbocycles. The summed E-state index contributed by atoms with van der Waals surface area (Å²) in [5.74, 6) is -1.21. The van der Waals surface area contributed by atoms with Gasteiger partial charge >= 0.3 is 5.97 Å². The number of H-pyrrole nitrogens is 1. The molecule has 19 heavy (non-hydrogen) atoms. The number of furan rings is 1. The lowest BCUT2D eigenvalue weighted by Gasteiger charge is -2.14. The maximum atomic E-state index is 12.2. The van der Waals surface area contributed by atoms with E-state index in [1.54, 1.807) is 6.07 Å². The van der Waals surface area contributed by atoms with E-state index in [1.807, 2.05) is 0 Å². The summed E-state index contributed by atoms with van der Waals surface area (Å²) in [5, 5.41) is 8.76. The van der Waals surface area contributed by atoms with Crippen molar-refractivity contribution in [3.05, 3.63) is 42.1 Å². The minimum Gasteiger partial charge on any atom is -0.477 e. The highest BCUT2D eigenvalue weighted by Gasteiger charge is 2.23. The second-order valence-electron chi connectivity index (χ2n) is 3.95. The topological polar surface area (TPSA) is 104 Å². The molecule has 2 rings (SSSR count). The smallest absolute Gasteiger partial charge is 0.352 e. The van der Waals surface area contributed by atoms with E-state index in [-0.39, 0.29) is 17.1 Å². The van der Waals surface area contributed by atoms with Crippen molar-refractivity contribution in [1.82, 2.24) is 9.29 Å². The summed E-state index contributed by atoms with van der Waals surface area (Å²) in [6.07, 6.45) is 4.06. The van der Waals surface area contributed by atoms with Gasteiger partial charge in [0.2, 0.25) is 10.0 Å². The highest BCUT2D eigenvalue weighted by molar-refractivity contribution is 7.89. The Kier molecular flexibility index (Phi) is 3.45. The number of sulfonamides is 1. The second-order valence-corrected chi connectivity index (χ2v) is 5.99. The third kappa shape index (κ3) is 2.69. The minimum absolute atomic E-state index is 0.0871. The zero-order valence-electron chi connectivity index (χ0n) is 10.0. The Morgan fingerprint density at radius 1 is 1.53 bits per heavy atom. The number of nitrogens with zero attached hydrogens (tertiary/aromatic N) is 1. The first-order valence-corrected chi connectivity index (χ1v) is 6.74. The lowest BCUT2D eigenvalue weighted by Crippen LogP contribution is -2.26. The van der Waals surface area contributed by atoms with Crippen LogP contribution in [0.1, 0.15) is 16.1 Å². The minimum atomic E-state index is -3.73. The molecule has 2 heterocycles. The number of aromatic carboxylic acids is 1. The molecule has 0 aliphatic heterocycles. The summed E-state index contributed by atoms with van der Waals surface area (Å²) < 4.78 is 30.3. The maximum absolute atomic E-state index is 12.2. The molecule has 0 spiro atoms. The molecule has 0 aliphatic rings. The molecule has 0 radical (unpaired) electrons. The highest BCUT2D eigenvalue weighted by atomic mass is 32.2. The van der Waals surface area contributed by atoms with Gasteiger partial charge in [-0.25, -0.2) is 13.2 Å². The summed E-state index contributed by atoms with van der Waals surface area (Å²) in [4.78, 5) is 13.0. The molecule has 0 bridgehead atoms. The van der Waals surface area contributed by atoms with Gasteiger partial charge in [-0.15, -0.1) is 0 Å². The summed E-state index contributed by atoms with van der Waals surface area (Å²) in [5.41, 5.74) is 0.537. The number of carboxylic acid groups (broad SMARTS) is 1. The van der Waals surface area contributed by atoms with Gasteiger partial charge in [0.15, 0.2) is 0 Å². The van der Waals surface area contributed by atoms with E-state index in [2.05, 4.69) is 4.98 Å². The van der Waals surface area contributed by atoms with Gasteiger partial charge in [0, 0.05) is 25.4 Å².